The van der Waals surface area contributed by atoms with E-state index in [-0.39, 0.29) is 5.91 Å². The summed E-state index contributed by atoms with van der Waals surface area (Å²) in [4.78, 5) is 12.4. The van der Waals surface area contributed by atoms with Gasteiger partial charge in [0.05, 0.1) is 11.6 Å². The van der Waals surface area contributed by atoms with Gasteiger partial charge in [0.15, 0.2) is 6.10 Å². The quantitative estimate of drug-likeness (QED) is 0.735. The van der Waals surface area contributed by atoms with Crippen LogP contribution in [0.4, 0.5) is 5.69 Å². The summed E-state index contributed by atoms with van der Waals surface area (Å²) in [6.07, 6.45) is -0.661. The molecule has 3 rings (SSSR count). The summed E-state index contributed by atoms with van der Waals surface area (Å²) < 4.78 is 7.79. The van der Waals surface area contributed by atoms with Gasteiger partial charge >= 0.3 is 0 Å². The number of ether oxygens (including phenoxy) is 1. The molecule has 0 aliphatic rings. The van der Waals surface area contributed by atoms with Gasteiger partial charge in [0.1, 0.15) is 5.75 Å². The number of hydrogen-bond acceptors (Lipinski definition) is 3. The fourth-order valence-corrected chi connectivity index (χ4v) is 2.88. The molecule has 136 valence electrons. The normalized spacial score (nSPS) is 11.5. The Morgan fingerprint density at radius 2 is 1.59 bits per heavy atom. The highest BCUT2D eigenvalue weighted by Crippen LogP contribution is 2.19. The Morgan fingerprint density at radius 1 is 1.00 bits per heavy atom. The van der Waals surface area contributed by atoms with Crippen molar-refractivity contribution >= 4 is 11.6 Å². The fraction of sp³-hybridized carbons (Fsp3) is 0.182. The van der Waals surface area contributed by atoms with Crippen molar-refractivity contribution in [1.29, 1.82) is 5.26 Å². The Morgan fingerprint density at radius 3 is 2.15 bits per heavy atom. The van der Waals surface area contributed by atoms with Crippen LogP contribution in [0.25, 0.3) is 5.69 Å². The number of nitrogens with one attached hydrogen (secondary N) is 1. The van der Waals surface area contributed by atoms with Crippen molar-refractivity contribution in [3.63, 3.8) is 0 Å². The van der Waals surface area contributed by atoms with Gasteiger partial charge < -0.3 is 14.6 Å². The van der Waals surface area contributed by atoms with E-state index in [9.17, 15) is 4.79 Å². The summed E-state index contributed by atoms with van der Waals surface area (Å²) in [5, 5.41) is 11.7. The third-order valence-corrected chi connectivity index (χ3v) is 4.33. The van der Waals surface area contributed by atoms with E-state index >= 15 is 0 Å². The SMILES string of the molecule is Cc1ccc(C)n1-c1ccc(NC(=O)[C@@H](C)Oc2ccc(C#N)cc2)cc1. The van der Waals surface area contributed by atoms with Crippen molar-refractivity contribution in [2.75, 3.05) is 5.32 Å². The number of aryl methyl sites for hydroxylation is 2. The zero-order valence-corrected chi connectivity index (χ0v) is 15.6. The predicted octanol–water partition coefficient (Wildman–Crippen LogP) is 4.37. The highest BCUT2D eigenvalue weighted by Gasteiger charge is 2.15. The zero-order valence-electron chi connectivity index (χ0n) is 15.6. The summed E-state index contributed by atoms with van der Waals surface area (Å²) in [6, 6.07) is 20.6. The van der Waals surface area contributed by atoms with Crippen LogP contribution >= 0.6 is 0 Å². The first-order valence-corrected chi connectivity index (χ1v) is 8.71. The van der Waals surface area contributed by atoms with E-state index in [0.717, 1.165) is 17.1 Å². The lowest BCUT2D eigenvalue weighted by atomic mass is 10.2. The van der Waals surface area contributed by atoms with Crippen LogP contribution in [0.1, 0.15) is 23.9 Å². The van der Waals surface area contributed by atoms with Crippen molar-refractivity contribution in [1.82, 2.24) is 4.57 Å². The summed E-state index contributed by atoms with van der Waals surface area (Å²) in [6.45, 7) is 5.81. The number of nitrogens with zero attached hydrogens (tertiary/aromatic N) is 2. The lowest BCUT2D eigenvalue weighted by Gasteiger charge is -2.15. The highest BCUT2D eigenvalue weighted by atomic mass is 16.5. The van der Waals surface area contributed by atoms with E-state index in [2.05, 4.69) is 35.9 Å². The lowest BCUT2D eigenvalue weighted by molar-refractivity contribution is -0.122. The van der Waals surface area contributed by atoms with Crippen LogP contribution in [-0.4, -0.2) is 16.6 Å². The van der Waals surface area contributed by atoms with Gasteiger partial charge in [-0.1, -0.05) is 0 Å². The number of anilines is 1. The number of aromatic nitrogens is 1. The van der Waals surface area contributed by atoms with Crippen LogP contribution < -0.4 is 10.1 Å². The van der Waals surface area contributed by atoms with Crippen molar-refractivity contribution in [2.24, 2.45) is 0 Å². The number of rotatable bonds is 5. The van der Waals surface area contributed by atoms with Crippen molar-refractivity contribution in [3.05, 3.63) is 77.6 Å². The molecule has 0 saturated carbocycles. The average molecular weight is 359 g/mol. The van der Waals surface area contributed by atoms with Crippen molar-refractivity contribution in [2.45, 2.75) is 26.9 Å². The van der Waals surface area contributed by atoms with Crippen LogP contribution in [0.2, 0.25) is 0 Å². The number of hydrogen-bond donors (Lipinski definition) is 1. The molecule has 5 heteroatoms. The third kappa shape index (κ3) is 4.18. The summed E-state index contributed by atoms with van der Waals surface area (Å²) in [5.41, 5.74) is 4.63. The summed E-state index contributed by atoms with van der Waals surface area (Å²) in [5.74, 6) is 0.311. The monoisotopic (exact) mass is 359 g/mol. The standard InChI is InChI=1S/C22H21N3O2/c1-15-4-5-16(2)25(15)20-10-8-19(9-11-20)24-22(26)17(3)27-21-12-6-18(14-23)7-13-21/h4-13,17H,1-3H3,(H,24,26)/t17-/m1/s1. The molecule has 2 aromatic carbocycles. The largest absolute Gasteiger partial charge is 0.481 e. The second kappa shape index (κ2) is 7.79. The van der Waals surface area contributed by atoms with Gasteiger partial charge in [-0.25, -0.2) is 0 Å². The summed E-state index contributed by atoms with van der Waals surface area (Å²) >= 11 is 0. The molecule has 0 aliphatic heterocycles. The van der Waals surface area contributed by atoms with Crippen LogP contribution in [0.5, 0.6) is 5.75 Å². The number of amides is 1. The Hall–Kier alpha value is -3.52. The van der Waals surface area contributed by atoms with E-state index in [1.54, 1.807) is 31.2 Å². The lowest BCUT2D eigenvalue weighted by Crippen LogP contribution is -2.30. The second-order valence-electron chi connectivity index (χ2n) is 6.38. The minimum absolute atomic E-state index is 0.236. The van der Waals surface area contributed by atoms with Gasteiger partial charge in [-0.05, 0) is 81.4 Å². The molecule has 1 atom stereocenters. The molecule has 0 bridgehead atoms. The molecular weight excluding hydrogens is 338 g/mol. The van der Waals surface area contributed by atoms with E-state index < -0.39 is 6.10 Å². The molecule has 0 fully saturated rings. The first-order chi connectivity index (χ1) is 13.0. The molecule has 3 aromatic rings. The predicted molar refractivity (Wildman–Crippen MR) is 105 cm³/mol. The van der Waals surface area contributed by atoms with E-state index in [1.165, 1.54) is 0 Å². The van der Waals surface area contributed by atoms with Crippen LogP contribution in [0.15, 0.2) is 60.7 Å². The van der Waals surface area contributed by atoms with Crippen molar-refractivity contribution in [3.8, 4) is 17.5 Å². The Kier molecular flexibility index (Phi) is 5.28. The fourth-order valence-electron chi connectivity index (χ4n) is 2.88. The first kappa shape index (κ1) is 18.3. The molecule has 1 aromatic heterocycles. The van der Waals surface area contributed by atoms with E-state index in [1.807, 2.05) is 30.3 Å². The number of carbonyl (C=O) groups excluding carboxylic acids is 1. The average Bonchev–Trinajstić information content (AvgIpc) is 3.01. The molecule has 1 amide bonds. The van der Waals surface area contributed by atoms with Crippen LogP contribution in [-0.2, 0) is 4.79 Å². The molecule has 27 heavy (non-hydrogen) atoms. The maximum absolute atomic E-state index is 12.4. The molecule has 0 saturated heterocycles. The maximum atomic E-state index is 12.4. The van der Waals surface area contributed by atoms with Crippen molar-refractivity contribution < 1.29 is 9.53 Å². The Balaban J connectivity index is 1.64. The van der Waals surface area contributed by atoms with Gasteiger partial charge in [-0.2, -0.15) is 5.26 Å². The Bertz CT molecular complexity index is 960. The Labute approximate surface area is 158 Å². The van der Waals surface area contributed by atoms with E-state index in [0.29, 0.717) is 17.0 Å². The molecule has 0 unspecified atom stereocenters. The molecule has 0 aliphatic carbocycles. The smallest absolute Gasteiger partial charge is 0.265 e. The third-order valence-electron chi connectivity index (χ3n) is 4.33. The van der Waals surface area contributed by atoms with E-state index in [4.69, 9.17) is 10.00 Å². The zero-order chi connectivity index (χ0) is 19.4. The van der Waals surface area contributed by atoms with Crippen LogP contribution in [0, 0.1) is 25.2 Å². The number of benzene rings is 2. The van der Waals surface area contributed by atoms with Crippen LogP contribution in [0.3, 0.4) is 0 Å². The highest BCUT2D eigenvalue weighted by molar-refractivity contribution is 5.94. The van der Waals surface area contributed by atoms with Gasteiger partial charge in [-0.15, -0.1) is 0 Å². The molecule has 0 radical (unpaired) electrons. The molecule has 5 nitrogen and oxygen atoms in total. The van der Waals surface area contributed by atoms with Gasteiger partial charge in [0, 0.05) is 22.8 Å². The molecular formula is C22H21N3O2. The van der Waals surface area contributed by atoms with Gasteiger partial charge in [0.25, 0.3) is 5.91 Å². The summed E-state index contributed by atoms with van der Waals surface area (Å²) in [7, 11) is 0. The van der Waals surface area contributed by atoms with Gasteiger partial charge in [-0.3, -0.25) is 4.79 Å². The molecule has 1 N–H and O–H groups in total. The minimum Gasteiger partial charge on any atom is -0.481 e. The number of carbonyl (C=O) groups is 1. The number of nitriles is 1. The molecule has 0 spiro atoms. The minimum atomic E-state index is -0.661. The van der Waals surface area contributed by atoms with Gasteiger partial charge in [0.2, 0.25) is 0 Å². The molecule has 1 heterocycles. The topological polar surface area (TPSA) is 67.1 Å². The second-order valence-corrected chi connectivity index (χ2v) is 6.38. The first-order valence-electron chi connectivity index (χ1n) is 8.71. The maximum Gasteiger partial charge on any atom is 0.265 e.